The van der Waals surface area contributed by atoms with Gasteiger partial charge in [-0.3, -0.25) is 9.53 Å². The Bertz CT molecular complexity index is 193. The fraction of sp³-hybridized carbons (Fsp3) is 0.857. The van der Waals surface area contributed by atoms with Gasteiger partial charge in [0.25, 0.3) is 0 Å². The molecule has 1 atom stereocenters. The smallest absolute Gasteiger partial charge is 0.298 e. The summed E-state index contributed by atoms with van der Waals surface area (Å²) >= 11 is 1.46. The van der Waals surface area contributed by atoms with E-state index in [1.54, 1.807) is 0 Å². The first-order valence-electron chi connectivity index (χ1n) is 3.80. The largest absolute Gasteiger partial charge is 0.522 e. The zero-order valence-corrected chi connectivity index (χ0v) is 7.58. The van der Waals surface area contributed by atoms with Crippen molar-refractivity contribution in [3.05, 3.63) is 0 Å². The second kappa shape index (κ2) is 4.32. The van der Waals surface area contributed by atoms with Crippen LogP contribution in [-0.4, -0.2) is 30.3 Å². The maximum atomic E-state index is 11.5. The van der Waals surface area contributed by atoms with Crippen LogP contribution in [0.4, 0.5) is 13.2 Å². The van der Waals surface area contributed by atoms with E-state index in [-0.39, 0.29) is 18.1 Å². The van der Waals surface area contributed by atoms with Gasteiger partial charge in [-0.25, -0.2) is 0 Å². The number of alkyl halides is 3. The highest BCUT2D eigenvalue weighted by Gasteiger charge is 2.31. The Morgan fingerprint density at radius 1 is 1.54 bits per heavy atom. The maximum Gasteiger partial charge on any atom is 0.522 e. The molecular formula is C7H9F3O2S. The van der Waals surface area contributed by atoms with Crippen LogP contribution in [-0.2, 0) is 9.53 Å². The van der Waals surface area contributed by atoms with Crippen LogP contribution < -0.4 is 0 Å². The fourth-order valence-corrected chi connectivity index (χ4v) is 2.27. The van der Waals surface area contributed by atoms with Crippen molar-refractivity contribution in [2.24, 2.45) is 5.92 Å². The number of halogens is 3. The predicted molar refractivity (Wildman–Crippen MR) is 42.4 cm³/mol. The highest BCUT2D eigenvalue weighted by atomic mass is 32.2. The van der Waals surface area contributed by atoms with Crippen LogP contribution in [0.15, 0.2) is 0 Å². The average Bonchev–Trinajstić information content (AvgIpc) is 2.34. The number of Topliss-reactive ketones (excluding diaryl/α,β-unsaturated/α-hetero) is 1. The molecule has 6 heteroatoms. The molecule has 0 aromatic rings. The van der Waals surface area contributed by atoms with Crippen LogP contribution in [0.5, 0.6) is 0 Å². The summed E-state index contributed by atoms with van der Waals surface area (Å²) in [5.41, 5.74) is 0. The van der Waals surface area contributed by atoms with Gasteiger partial charge in [-0.05, 0) is 6.42 Å². The average molecular weight is 214 g/mol. The summed E-state index contributed by atoms with van der Waals surface area (Å²) < 4.78 is 38.1. The summed E-state index contributed by atoms with van der Waals surface area (Å²) in [7, 11) is 0. The van der Waals surface area contributed by atoms with Crippen LogP contribution >= 0.6 is 11.8 Å². The van der Waals surface area contributed by atoms with E-state index in [0.717, 1.165) is 0 Å². The minimum Gasteiger partial charge on any atom is -0.298 e. The van der Waals surface area contributed by atoms with Gasteiger partial charge in [-0.1, -0.05) is 0 Å². The number of ether oxygens (including phenoxy) is 1. The van der Waals surface area contributed by atoms with Crippen molar-refractivity contribution in [2.45, 2.75) is 12.8 Å². The van der Waals surface area contributed by atoms with Gasteiger partial charge >= 0.3 is 6.36 Å². The summed E-state index contributed by atoms with van der Waals surface area (Å²) in [6, 6.07) is 0. The molecule has 0 aromatic heterocycles. The summed E-state index contributed by atoms with van der Waals surface area (Å²) in [4.78, 5) is 11.0. The van der Waals surface area contributed by atoms with E-state index in [0.29, 0.717) is 11.5 Å². The Hall–Kier alpha value is -0.230. The quantitative estimate of drug-likeness (QED) is 0.717. The first kappa shape index (κ1) is 10.8. The summed E-state index contributed by atoms with van der Waals surface area (Å²) in [6.07, 6.45) is -4.40. The number of thioether (sulfide) groups is 1. The molecule has 2 nitrogen and oxygen atoms in total. The molecule has 1 heterocycles. The molecule has 0 saturated carbocycles. The van der Waals surface area contributed by atoms with E-state index in [4.69, 9.17) is 0 Å². The first-order chi connectivity index (χ1) is 5.99. The first-order valence-corrected chi connectivity index (χ1v) is 4.95. The Morgan fingerprint density at radius 3 is 2.69 bits per heavy atom. The number of rotatable bonds is 3. The topological polar surface area (TPSA) is 26.3 Å². The van der Waals surface area contributed by atoms with E-state index in [9.17, 15) is 18.0 Å². The number of hydrogen-bond acceptors (Lipinski definition) is 3. The van der Waals surface area contributed by atoms with Crippen molar-refractivity contribution in [3.63, 3.8) is 0 Å². The van der Waals surface area contributed by atoms with Gasteiger partial charge in [0.15, 0.2) is 0 Å². The molecule has 1 fully saturated rings. The molecule has 0 bridgehead atoms. The number of hydrogen-bond donors (Lipinski definition) is 0. The third-order valence-corrected chi connectivity index (χ3v) is 2.88. The third-order valence-electron chi connectivity index (χ3n) is 1.75. The van der Waals surface area contributed by atoms with Gasteiger partial charge in [0.2, 0.25) is 0 Å². The second-order valence-electron chi connectivity index (χ2n) is 2.76. The standard InChI is InChI=1S/C7H9F3O2S/c8-7(9,10)12-2-1-5-3-13-4-6(5)11/h5H,1-4H2. The third kappa shape index (κ3) is 3.99. The summed E-state index contributed by atoms with van der Waals surface area (Å²) in [6.45, 7) is -0.416. The van der Waals surface area contributed by atoms with Crippen LogP contribution in [0, 0.1) is 5.92 Å². The summed E-state index contributed by atoms with van der Waals surface area (Å²) in [5, 5.41) is 0. The molecular weight excluding hydrogens is 205 g/mol. The van der Waals surface area contributed by atoms with Gasteiger partial charge in [0.05, 0.1) is 12.4 Å². The second-order valence-corrected chi connectivity index (χ2v) is 3.79. The molecule has 13 heavy (non-hydrogen) atoms. The Kier molecular flexibility index (Phi) is 3.61. The Morgan fingerprint density at radius 2 is 2.23 bits per heavy atom. The lowest BCUT2D eigenvalue weighted by Gasteiger charge is -2.09. The Labute approximate surface area is 77.8 Å². The van der Waals surface area contributed by atoms with E-state index < -0.39 is 13.0 Å². The predicted octanol–water partition coefficient (Wildman–Crippen LogP) is 1.85. The highest BCUT2D eigenvalue weighted by molar-refractivity contribution is 8.00. The summed E-state index contributed by atoms with van der Waals surface area (Å²) in [5.74, 6) is 0.847. The van der Waals surface area contributed by atoms with E-state index in [1.165, 1.54) is 11.8 Å². The minimum atomic E-state index is -4.57. The molecule has 1 unspecified atom stereocenters. The van der Waals surface area contributed by atoms with Crippen molar-refractivity contribution in [1.82, 2.24) is 0 Å². The molecule has 1 rings (SSSR count). The highest BCUT2D eigenvalue weighted by Crippen LogP contribution is 2.24. The molecule has 0 aromatic carbocycles. The van der Waals surface area contributed by atoms with E-state index in [2.05, 4.69) is 4.74 Å². The zero-order valence-electron chi connectivity index (χ0n) is 6.76. The van der Waals surface area contributed by atoms with E-state index in [1.807, 2.05) is 0 Å². The lowest BCUT2D eigenvalue weighted by Crippen LogP contribution is -2.19. The normalized spacial score (nSPS) is 23.9. The monoisotopic (exact) mass is 214 g/mol. The zero-order chi connectivity index (χ0) is 9.90. The maximum absolute atomic E-state index is 11.5. The SMILES string of the molecule is O=C1CSCC1CCOC(F)(F)F. The van der Waals surface area contributed by atoms with Crippen molar-refractivity contribution >= 4 is 17.5 Å². The lowest BCUT2D eigenvalue weighted by atomic mass is 10.1. The van der Waals surface area contributed by atoms with Crippen molar-refractivity contribution < 1.29 is 22.7 Å². The molecule has 1 aliphatic rings. The molecule has 0 aliphatic carbocycles. The van der Waals surface area contributed by atoms with Gasteiger partial charge in [-0.15, -0.1) is 13.2 Å². The Balaban J connectivity index is 2.16. The van der Waals surface area contributed by atoms with Crippen molar-refractivity contribution in [1.29, 1.82) is 0 Å². The van der Waals surface area contributed by atoms with Crippen molar-refractivity contribution in [3.8, 4) is 0 Å². The van der Waals surface area contributed by atoms with E-state index >= 15 is 0 Å². The van der Waals surface area contributed by atoms with Gasteiger partial charge in [0, 0.05) is 11.7 Å². The van der Waals surface area contributed by atoms with Crippen LogP contribution in [0.1, 0.15) is 6.42 Å². The lowest BCUT2D eigenvalue weighted by molar-refractivity contribution is -0.325. The molecule has 1 saturated heterocycles. The van der Waals surface area contributed by atoms with Gasteiger partial charge in [0.1, 0.15) is 5.78 Å². The molecule has 0 radical (unpaired) electrons. The van der Waals surface area contributed by atoms with Gasteiger partial charge < -0.3 is 0 Å². The fourth-order valence-electron chi connectivity index (χ4n) is 1.07. The van der Waals surface area contributed by atoms with Gasteiger partial charge in [-0.2, -0.15) is 11.8 Å². The van der Waals surface area contributed by atoms with Crippen molar-refractivity contribution in [2.75, 3.05) is 18.1 Å². The van der Waals surface area contributed by atoms with Crippen LogP contribution in [0.25, 0.3) is 0 Å². The number of ketones is 1. The number of carbonyl (C=O) groups excluding carboxylic acids is 1. The molecule has 76 valence electrons. The molecule has 0 N–H and O–H groups in total. The van der Waals surface area contributed by atoms with Crippen LogP contribution in [0.3, 0.4) is 0 Å². The molecule has 0 amide bonds. The van der Waals surface area contributed by atoms with Crippen LogP contribution in [0.2, 0.25) is 0 Å². The molecule has 1 aliphatic heterocycles. The molecule has 0 spiro atoms. The minimum absolute atomic E-state index is 0.0378. The number of carbonyl (C=O) groups is 1.